The monoisotopic (exact) mass is 279 g/mol. The molecule has 0 spiro atoms. The molecule has 1 N–H and O–H groups in total. The molecule has 2 rings (SSSR count). The molecule has 7 heteroatoms. The summed E-state index contributed by atoms with van der Waals surface area (Å²) in [5, 5.41) is 19.9. The number of aryl methyl sites for hydroxylation is 1. The van der Waals surface area contributed by atoms with Crippen molar-refractivity contribution in [1.29, 1.82) is 0 Å². The van der Waals surface area contributed by atoms with Gasteiger partial charge in [0.25, 0.3) is 5.13 Å². The van der Waals surface area contributed by atoms with E-state index in [-0.39, 0.29) is 0 Å². The molecular formula is C11H13N5S2. The highest BCUT2D eigenvalue weighted by atomic mass is 32.2. The first kappa shape index (κ1) is 13.0. The maximum absolute atomic E-state index is 4.19. The standard InChI is InChI=1S/C11H13N5S2/c1-7-6-8(12-2)4-5-9(7)13-14-10-15-16-11(17-3)18-10/h4-6,12H,1-3H3. The fraction of sp³-hybridized carbons (Fsp3) is 0.273. The lowest BCUT2D eigenvalue weighted by Gasteiger charge is -2.02. The molecule has 0 radical (unpaired) electrons. The van der Waals surface area contributed by atoms with Crippen molar-refractivity contribution in [2.45, 2.75) is 11.3 Å². The van der Waals surface area contributed by atoms with Crippen molar-refractivity contribution in [3.05, 3.63) is 23.8 Å². The largest absolute Gasteiger partial charge is 0.388 e. The second-order valence-electron chi connectivity index (χ2n) is 3.51. The number of azo groups is 1. The number of aromatic nitrogens is 2. The third-order valence-electron chi connectivity index (χ3n) is 2.30. The van der Waals surface area contributed by atoms with Crippen LogP contribution in [0.2, 0.25) is 0 Å². The fourth-order valence-corrected chi connectivity index (χ4v) is 2.43. The van der Waals surface area contributed by atoms with Gasteiger partial charge in [-0.15, -0.1) is 20.4 Å². The quantitative estimate of drug-likeness (QED) is 0.678. The average molecular weight is 279 g/mol. The molecule has 94 valence electrons. The van der Waals surface area contributed by atoms with Crippen LogP contribution in [0.15, 0.2) is 32.8 Å². The minimum Gasteiger partial charge on any atom is -0.388 e. The summed E-state index contributed by atoms with van der Waals surface area (Å²) in [5.74, 6) is 0. The third-order valence-corrected chi connectivity index (χ3v) is 4.08. The Balaban J connectivity index is 2.18. The lowest BCUT2D eigenvalue weighted by atomic mass is 10.2. The third kappa shape index (κ3) is 3.05. The molecule has 0 unspecified atom stereocenters. The zero-order valence-electron chi connectivity index (χ0n) is 10.3. The number of nitrogens with one attached hydrogen (secondary N) is 1. The molecule has 1 aromatic carbocycles. The second kappa shape index (κ2) is 5.92. The molecule has 18 heavy (non-hydrogen) atoms. The summed E-state index contributed by atoms with van der Waals surface area (Å²) in [7, 11) is 1.89. The molecule has 0 aliphatic carbocycles. The zero-order valence-corrected chi connectivity index (χ0v) is 12.0. The van der Waals surface area contributed by atoms with E-state index in [0.717, 1.165) is 21.3 Å². The molecule has 0 saturated heterocycles. The van der Waals surface area contributed by atoms with E-state index >= 15 is 0 Å². The Morgan fingerprint density at radius 1 is 1.28 bits per heavy atom. The average Bonchev–Trinajstić information content (AvgIpc) is 2.85. The summed E-state index contributed by atoms with van der Waals surface area (Å²) < 4.78 is 0.895. The number of rotatable bonds is 4. The van der Waals surface area contributed by atoms with Gasteiger partial charge in [-0.3, -0.25) is 0 Å². The van der Waals surface area contributed by atoms with Crippen LogP contribution in [0.25, 0.3) is 0 Å². The molecule has 0 aliphatic rings. The Morgan fingerprint density at radius 2 is 2.11 bits per heavy atom. The topological polar surface area (TPSA) is 62.5 Å². The SMILES string of the molecule is CNc1ccc(N=Nc2nnc(SC)s2)c(C)c1. The number of hydrogen-bond donors (Lipinski definition) is 1. The van der Waals surface area contributed by atoms with Crippen molar-refractivity contribution in [3.63, 3.8) is 0 Å². The van der Waals surface area contributed by atoms with E-state index in [9.17, 15) is 0 Å². The van der Waals surface area contributed by atoms with Gasteiger partial charge in [0.05, 0.1) is 5.69 Å². The minimum absolute atomic E-state index is 0.580. The predicted octanol–water partition coefficient (Wildman–Crippen LogP) is 4.03. The zero-order chi connectivity index (χ0) is 13.0. The second-order valence-corrected chi connectivity index (χ2v) is 5.52. The maximum atomic E-state index is 4.19. The van der Waals surface area contributed by atoms with Crippen LogP contribution in [0.1, 0.15) is 5.56 Å². The van der Waals surface area contributed by atoms with Crippen molar-refractivity contribution in [2.75, 3.05) is 18.6 Å². The molecular weight excluding hydrogens is 266 g/mol. The lowest BCUT2D eigenvalue weighted by molar-refractivity contribution is 0.995. The molecule has 0 amide bonds. The van der Waals surface area contributed by atoms with E-state index in [1.54, 1.807) is 11.8 Å². The molecule has 0 atom stereocenters. The Hall–Kier alpha value is -1.47. The van der Waals surface area contributed by atoms with Crippen LogP contribution in [-0.4, -0.2) is 23.5 Å². The highest BCUT2D eigenvalue weighted by Gasteiger charge is 2.02. The van der Waals surface area contributed by atoms with Crippen LogP contribution in [-0.2, 0) is 0 Å². The fourth-order valence-electron chi connectivity index (χ4n) is 1.35. The number of thioether (sulfide) groups is 1. The number of benzene rings is 1. The minimum atomic E-state index is 0.580. The summed E-state index contributed by atoms with van der Waals surface area (Å²) in [5.41, 5.74) is 2.97. The number of nitrogens with zero attached hydrogens (tertiary/aromatic N) is 4. The lowest BCUT2D eigenvalue weighted by Crippen LogP contribution is -1.87. The van der Waals surface area contributed by atoms with E-state index in [4.69, 9.17) is 0 Å². The van der Waals surface area contributed by atoms with E-state index in [0.29, 0.717) is 5.13 Å². The van der Waals surface area contributed by atoms with Gasteiger partial charge in [0.15, 0.2) is 4.34 Å². The van der Waals surface area contributed by atoms with Crippen molar-refractivity contribution >= 4 is 39.6 Å². The first-order valence-electron chi connectivity index (χ1n) is 5.30. The van der Waals surface area contributed by atoms with Gasteiger partial charge in [0.2, 0.25) is 0 Å². The van der Waals surface area contributed by atoms with Gasteiger partial charge < -0.3 is 5.32 Å². The normalized spacial score (nSPS) is 11.1. The van der Waals surface area contributed by atoms with Gasteiger partial charge >= 0.3 is 0 Å². The molecule has 2 aromatic rings. The van der Waals surface area contributed by atoms with Gasteiger partial charge in [0, 0.05) is 12.7 Å². The van der Waals surface area contributed by atoms with Gasteiger partial charge in [0.1, 0.15) is 0 Å². The summed E-state index contributed by atoms with van der Waals surface area (Å²) >= 11 is 2.99. The summed E-state index contributed by atoms with van der Waals surface area (Å²) in [6.07, 6.45) is 1.96. The Kier molecular flexibility index (Phi) is 4.27. The Bertz CT molecular complexity index is 564. The Labute approximate surface area is 114 Å². The van der Waals surface area contributed by atoms with Crippen LogP contribution >= 0.6 is 23.1 Å². The van der Waals surface area contributed by atoms with Crippen LogP contribution < -0.4 is 5.32 Å². The van der Waals surface area contributed by atoms with Crippen molar-refractivity contribution in [1.82, 2.24) is 10.2 Å². The molecule has 5 nitrogen and oxygen atoms in total. The van der Waals surface area contributed by atoms with E-state index < -0.39 is 0 Å². The molecule has 0 fully saturated rings. The number of anilines is 1. The first-order valence-corrected chi connectivity index (χ1v) is 7.34. The molecule has 1 heterocycles. The number of hydrogen-bond acceptors (Lipinski definition) is 7. The molecule has 0 bridgehead atoms. The summed E-state index contributed by atoms with van der Waals surface area (Å²) in [4.78, 5) is 0. The van der Waals surface area contributed by atoms with Crippen LogP contribution in [0.4, 0.5) is 16.5 Å². The molecule has 1 aromatic heterocycles. The maximum Gasteiger partial charge on any atom is 0.252 e. The summed E-state index contributed by atoms with van der Waals surface area (Å²) in [6, 6.07) is 5.93. The van der Waals surface area contributed by atoms with Crippen molar-refractivity contribution < 1.29 is 0 Å². The van der Waals surface area contributed by atoms with E-state index in [1.807, 2.05) is 38.4 Å². The van der Waals surface area contributed by atoms with Crippen LogP contribution in [0.3, 0.4) is 0 Å². The van der Waals surface area contributed by atoms with Crippen molar-refractivity contribution in [2.24, 2.45) is 10.2 Å². The van der Waals surface area contributed by atoms with Gasteiger partial charge in [-0.05, 0) is 36.9 Å². The molecule has 0 saturated carbocycles. The molecule has 0 aliphatic heterocycles. The van der Waals surface area contributed by atoms with Crippen LogP contribution in [0.5, 0.6) is 0 Å². The predicted molar refractivity (Wildman–Crippen MR) is 76.6 cm³/mol. The highest BCUT2D eigenvalue weighted by Crippen LogP contribution is 2.28. The van der Waals surface area contributed by atoms with E-state index in [2.05, 4.69) is 25.7 Å². The van der Waals surface area contributed by atoms with Gasteiger partial charge in [-0.2, -0.15) is 0 Å². The van der Waals surface area contributed by atoms with Crippen molar-refractivity contribution in [3.8, 4) is 0 Å². The van der Waals surface area contributed by atoms with Gasteiger partial charge in [-0.1, -0.05) is 23.1 Å². The summed E-state index contributed by atoms with van der Waals surface area (Å²) in [6.45, 7) is 2.00. The van der Waals surface area contributed by atoms with Gasteiger partial charge in [-0.25, -0.2) is 0 Å². The highest BCUT2D eigenvalue weighted by molar-refractivity contribution is 8.00. The smallest absolute Gasteiger partial charge is 0.252 e. The Morgan fingerprint density at radius 3 is 2.72 bits per heavy atom. The van der Waals surface area contributed by atoms with Crippen LogP contribution in [0, 0.1) is 6.92 Å². The first-order chi connectivity index (χ1) is 8.72. The van der Waals surface area contributed by atoms with E-state index in [1.165, 1.54) is 11.3 Å².